The minimum Gasteiger partial charge on any atom is -0.444 e. The SMILES string of the molecule is CC(C)(C)OC(=O)NCc1nn(-c2ccc(C(=O)NCc3nc4ccc(Cl)cc4[nH]3)cc2C(F)(F)F)c2c1CCC2. The number of hydrogen-bond donors (Lipinski definition) is 3. The molecular weight excluding hydrogens is 561 g/mol. The van der Waals surface area contributed by atoms with Crippen LogP contribution >= 0.6 is 11.6 Å². The minimum atomic E-state index is -4.75. The molecule has 0 spiro atoms. The highest BCUT2D eigenvalue weighted by atomic mass is 35.5. The van der Waals surface area contributed by atoms with Crippen LogP contribution in [0.2, 0.25) is 5.02 Å². The highest BCUT2D eigenvalue weighted by molar-refractivity contribution is 6.31. The summed E-state index contributed by atoms with van der Waals surface area (Å²) in [5.74, 6) is -0.253. The lowest BCUT2D eigenvalue weighted by Crippen LogP contribution is -2.32. The Morgan fingerprint density at radius 3 is 2.59 bits per heavy atom. The van der Waals surface area contributed by atoms with Gasteiger partial charge >= 0.3 is 12.3 Å². The van der Waals surface area contributed by atoms with Gasteiger partial charge in [-0.2, -0.15) is 18.3 Å². The van der Waals surface area contributed by atoms with E-state index in [4.69, 9.17) is 16.3 Å². The average molecular weight is 589 g/mol. The van der Waals surface area contributed by atoms with Gasteiger partial charge in [0, 0.05) is 16.3 Å². The quantitative estimate of drug-likeness (QED) is 0.261. The Bertz CT molecular complexity index is 1640. The lowest BCUT2D eigenvalue weighted by atomic mass is 10.1. The zero-order chi connectivity index (χ0) is 29.5. The molecule has 0 fully saturated rings. The van der Waals surface area contributed by atoms with E-state index >= 15 is 0 Å². The van der Waals surface area contributed by atoms with Crippen molar-refractivity contribution in [2.75, 3.05) is 0 Å². The van der Waals surface area contributed by atoms with Crippen LogP contribution in [0.25, 0.3) is 16.7 Å². The number of carbonyl (C=O) groups excluding carboxylic acids is 2. The van der Waals surface area contributed by atoms with E-state index in [1.165, 1.54) is 16.8 Å². The number of aromatic amines is 1. The van der Waals surface area contributed by atoms with Gasteiger partial charge in [-0.1, -0.05) is 11.6 Å². The smallest absolute Gasteiger partial charge is 0.418 e. The summed E-state index contributed by atoms with van der Waals surface area (Å²) < 4.78 is 49.4. The number of aromatic nitrogens is 4. The van der Waals surface area contributed by atoms with E-state index in [0.717, 1.165) is 18.1 Å². The van der Waals surface area contributed by atoms with Crippen LogP contribution in [0.3, 0.4) is 0 Å². The summed E-state index contributed by atoms with van der Waals surface area (Å²) in [5.41, 5.74) is 1.23. The van der Waals surface area contributed by atoms with Gasteiger partial charge in [0.25, 0.3) is 5.91 Å². The molecule has 2 heterocycles. The van der Waals surface area contributed by atoms with Crippen molar-refractivity contribution in [1.29, 1.82) is 0 Å². The summed E-state index contributed by atoms with van der Waals surface area (Å²) in [7, 11) is 0. The maximum atomic E-state index is 14.3. The summed E-state index contributed by atoms with van der Waals surface area (Å²) in [4.78, 5) is 32.4. The number of hydrogen-bond acceptors (Lipinski definition) is 5. The zero-order valence-electron chi connectivity index (χ0n) is 22.6. The van der Waals surface area contributed by atoms with Crippen molar-refractivity contribution in [3.63, 3.8) is 0 Å². The number of fused-ring (bicyclic) bond motifs is 2. The van der Waals surface area contributed by atoms with Crippen LogP contribution in [0.15, 0.2) is 36.4 Å². The Labute approximate surface area is 238 Å². The van der Waals surface area contributed by atoms with E-state index in [9.17, 15) is 22.8 Å². The van der Waals surface area contributed by atoms with Gasteiger partial charge in [0.1, 0.15) is 11.4 Å². The Morgan fingerprint density at radius 2 is 1.85 bits per heavy atom. The van der Waals surface area contributed by atoms with E-state index < -0.39 is 29.3 Å². The van der Waals surface area contributed by atoms with Gasteiger partial charge in [-0.15, -0.1) is 0 Å². The molecule has 1 aliphatic carbocycles. The van der Waals surface area contributed by atoms with Crippen molar-refractivity contribution in [3.8, 4) is 5.69 Å². The fourth-order valence-corrected chi connectivity index (χ4v) is 4.97. The molecule has 1 aliphatic rings. The number of benzene rings is 2. The molecule has 0 unspecified atom stereocenters. The molecule has 2 aromatic heterocycles. The first-order valence-electron chi connectivity index (χ1n) is 13.0. The van der Waals surface area contributed by atoms with Crippen LogP contribution in [0.5, 0.6) is 0 Å². The minimum absolute atomic E-state index is 0.0140. The number of H-pyrrole nitrogens is 1. The Hall–Kier alpha value is -4.06. The second kappa shape index (κ2) is 10.7. The summed E-state index contributed by atoms with van der Waals surface area (Å²) in [6, 6.07) is 8.50. The third-order valence-corrected chi connectivity index (χ3v) is 6.75. The number of nitrogens with one attached hydrogen (secondary N) is 3. The van der Waals surface area contributed by atoms with Crippen molar-refractivity contribution in [2.45, 2.75) is 64.9 Å². The summed E-state index contributed by atoms with van der Waals surface area (Å²) in [6.45, 7) is 5.19. The number of amides is 2. The topological polar surface area (TPSA) is 114 Å². The normalized spacial score (nSPS) is 13.3. The molecule has 2 amide bonds. The van der Waals surface area contributed by atoms with Crippen LogP contribution in [0.4, 0.5) is 18.0 Å². The van der Waals surface area contributed by atoms with Gasteiger partial charge in [-0.25, -0.2) is 14.5 Å². The Balaban J connectivity index is 1.38. The maximum Gasteiger partial charge on any atom is 0.418 e. The van der Waals surface area contributed by atoms with Crippen LogP contribution in [-0.4, -0.2) is 37.3 Å². The number of nitrogens with zero attached hydrogens (tertiary/aromatic N) is 3. The number of ether oxygens (including phenoxy) is 1. The fourth-order valence-electron chi connectivity index (χ4n) is 4.80. The Morgan fingerprint density at radius 1 is 1.07 bits per heavy atom. The summed E-state index contributed by atoms with van der Waals surface area (Å²) in [5, 5.41) is 10.2. The van der Waals surface area contributed by atoms with Gasteiger partial charge in [0.2, 0.25) is 0 Å². The van der Waals surface area contributed by atoms with Gasteiger partial charge in [-0.05, 0) is 82.0 Å². The molecule has 41 heavy (non-hydrogen) atoms. The van der Waals surface area contributed by atoms with Crippen molar-refractivity contribution >= 4 is 34.6 Å². The molecule has 9 nitrogen and oxygen atoms in total. The van der Waals surface area contributed by atoms with Crippen LogP contribution in [-0.2, 0) is 36.8 Å². The molecule has 0 saturated carbocycles. The van der Waals surface area contributed by atoms with E-state index in [2.05, 4.69) is 25.7 Å². The van der Waals surface area contributed by atoms with Gasteiger partial charge < -0.3 is 20.4 Å². The molecule has 5 rings (SSSR count). The number of halogens is 4. The number of alkyl carbamates (subject to hydrolysis) is 1. The molecule has 2 aromatic carbocycles. The van der Waals surface area contributed by atoms with E-state index in [-0.39, 0.29) is 24.3 Å². The van der Waals surface area contributed by atoms with Crippen molar-refractivity contribution in [2.24, 2.45) is 0 Å². The molecule has 4 aromatic rings. The van der Waals surface area contributed by atoms with Crippen molar-refractivity contribution < 1.29 is 27.5 Å². The monoisotopic (exact) mass is 588 g/mol. The van der Waals surface area contributed by atoms with Crippen LogP contribution < -0.4 is 10.6 Å². The second-order valence-electron chi connectivity index (χ2n) is 10.8. The predicted octanol–water partition coefficient (Wildman–Crippen LogP) is 5.86. The largest absolute Gasteiger partial charge is 0.444 e. The third-order valence-electron chi connectivity index (χ3n) is 6.51. The van der Waals surface area contributed by atoms with E-state index in [1.807, 2.05) is 0 Å². The van der Waals surface area contributed by atoms with E-state index in [1.54, 1.807) is 39.0 Å². The number of alkyl halides is 3. The van der Waals surface area contributed by atoms with Gasteiger partial charge in [0.15, 0.2) is 0 Å². The molecule has 0 bridgehead atoms. The number of rotatable bonds is 6. The molecule has 216 valence electrons. The van der Waals surface area contributed by atoms with Crippen molar-refractivity contribution in [1.82, 2.24) is 30.4 Å². The molecule has 0 atom stereocenters. The second-order valence-corrected chi connectivity index (χ2v) is 11.2. The van der Waals surface area contributed by atoms with Crippen LogP contribution in [0, 0.1) is 0 Å². The number of carbonyl (C=O) groups is 2. The standard InChI is InChI=1S/C28H28ClF3N6O3/c1-27(2,3)41-26(40)34-13-21-17-5-4-6-22(17)38(37-21)23-10-7-15(11-18(23)28(30,31)32)25(39)33-14-24-35-19-9-8-16(29)12-20(19)36-24/h7-12H,4-6,13-14H2,1-3H3,(H,33,39)(H,34,40)(H,35,36). The van der Waals surface area contributed by atoms with E-state index in [0.29, 0.717) is 46.1 Å². The summed E-state index contributed by atoms with van der Waals surface area (Å²) in [6.07, 6.45) is -3.47. The lowest BCUT2D eigenvalue weighted by Gasteiger charge is -2.19. The van der Waals surface area contributed by atoms with Crippen LogP contribution in [0.1, 0.15) is 65.9 Å². The molecule has 13 heteroatoms. The molecule has 0 radical (unpaired) electrons. The zero-order valence-corrected chi connectivity index (χ0v) is 23.3. The Kier molecular flexibility index (Phi) is 7.45. The first kappa shape index (κ1) is 28.5. The average Bonchev–Trinajstić information content (AvgIpc) is 3.59. The molecule has 0 saturated heterocycles. The third kappa shape index (κ3) is 6.32. The first-order chi connectivity index (χ1) is 19.3. The molecule has 3 N–H and O–H groups in total. The number of imidazole rings is 1. The lowest BCUT2D eigenvalue weighted by molar-refractivity contribution is -0.137. The van der Waals surface area contributed by atoms with Gasteiger partial charge in [-0.3, -0.25) is 4.79 Å². The highest BCUT2D eigenvalue weighted by Gasteiger charge is 2.36. The maximum absolute atomic E-state index is 14.3. The predicted molar refractivity (Wildman–Crippen MR) is 146 cm³/mol. The molecule has 0 aliphatic heterocycles. The molecular formula is C28H28ClF3N6O3. The first-order valence-corrected chi connectivity index (χ1v) is 13.4. The van der Waals surface area contributed by atoms with Gasteiger partial charge in [0.05, 0.1) is 41.1 Å². The van der Waals surface area contributed by atoms with Crippen molar-refractivity contribution in [3.05, 3.63) is 75.3 Å². The summed E-state index contributed by atoms with van der Waals surface area (Å²) >= 11 is 5.99. The fraction of sp³-hybridized carbons (Fsp3) is 0.357. The highest BCUT2D eigenvalue weighted by Crippen LogP contribution is 2.37.